The Morgan fingerprint density at radius 3 is 1.14 bits per heavy atom. The quantitative estimate of drug-likeness (QED) is 0.534. The molecule has 0 aliphatic rings. The first-order valence-corrected chi connectivity index (χ1v) is 2.10. The van der Waals surface area contributed by atoms with Crippen molar-refractivity contribution in [3.05, 3.63) is 0 Å². The van der Waals surface area contributed by atoms with E-state index in [0.29, 0.717) is 0 Å². The Kier molecular flexibility index (Phi) is 13.6. The zero-order chi connectivity index (χ0) is 4.50. The van der Waals surface area contributed by atoms with E-state index in [2.05, 4.69) is 0 Å². The molecule has 0 amide bonds. The molecule has 7 heteroatoms. The maximum absolute atomic E-state index is 8.74. The molecule has 0 radical (unpaired) electrons. The fourth-order valence-corrected chi connectivity index (χ4v) is 0. The average Bonchev–Trinajstić information content (AvgIpc) is 0.722. The van der Waals surface area contributed by atoms with Crippen molar-refractivity contribution in [1.82, 2.24) is 0 Å². The molecule has 0 saturated carbocycles. The van der Waals surface area contributed by atoms with Crippen LogP contribution in [0.3, 0.4) is 0 Å². The summed E-state index contributed by atoms with van der Waals surface area (Å²) < 4.78 is 31.6. The van der Waals surface area contributed by atoms with E-state index in [9.17, 15) is 0 Å². The first kappa shape index (κ1) is 15.9. The Labute approximate surface area is 99.0 Å². The Morgan fingerprint density at radius 1 is 1.14 bits per heavy atom. The van der Waals surface area contributed by atoms with Gasteiger partial charge in [0.15, 0.2) is 0 Å². The second kappa shape index (κ2) is 5.98. The van der Waals surface area contributed by atoms with Gasteiger partial charge in [0.25, 0.3) is 0 Å². The molecule has 0 aromatic rings. The van der Waals surface area contributed by atoms with Crippen LogP contribution in [0.4, 0.5) is 4.70 Å². The molecule has 0 aromatic heterocycles. The summed E-state index contributed by atoms with van der Waals surface area (Å²) in [6.45, 7) is 0. The molecular weight excluding hydrogens is 248 g/mol. The zero-order valence-electron chi connectivity index (χ0n) is 2.53. The molecule has 42 valence electrons. The van der Waals surface area contributed by atoms with Crippen molar-refractivity contribution in [2.45, 2.75) is 0 Å². The van der Waals surface area contributed by atoms with Gasteiger partial charge in [-0.25, -0.2) is 0 Å². The van der Waals surface area contributed by atoms with Crippen molar-refractivity contribution in [2.75, 3.05) is 0 Å². The molecule has 0 unspecified atom stereocenters. The molecule has 0 heterocycles. The van der Waals surface area contributed by atoms with Crippen molar-refractivity contribution in [3.8, 4) is 0 Å². The van der Waals surface area contributed by atoms with Gasteiger partial charge in [-0.1, -0.05) is 0 Å². The van der Waals surface area contributed by atoms with Gasteiger partial charge in [-0.15, -0.1) is 0 Å². The summed E-state index contributed by atoms with van der Waals surface area (Å²) in [4.78, 5) is 0. The molecular formula is H4CsFO4S. The third-order valence-electron chi connectivity index (χ3n) is 0. The van der Waals surface area contributed by atoms with Crippen LogP contribution in [-0.4, -0.2) is 86.4 Å². The van der Waals surface area contributed by atoms with Crippen LogP contribution in [0, 0.1) is 0 Å². The molecule has 0 bridgehead atoms. The van der Waals surface area contributed by atoms with Gasteiger partial charge in [0, 0.05) is 0 Å². The fraction of sp³-hybridized carbons (Fsp3) is 0. The second-order valence-corrected chi connectivity index (χ2v) is 1.34. The number of hydrogen-bond acceptors (Lipinski definition) is 2. The minimum absolute atomic E-state index is 0. The van der Waals surface area contributed by atoms with Gasteiger partial charge in [0.1, 0.15) is 0 Å². The zero-order valence-corrected chi connectivity index (χ0v) is 3.34. The Hall–Kier alpha value is 1.85. The number of hydrogen-bond donors (Lipinski definition) is 2. The SMILES string of the molecule is F.O=S(=O)(O)O.[CsH]. The van der Waals surface area contributed by atoms with Crippen molar-refractivity contribution in [3.63, 3.8) is 0 Å². The molecule has 0 aliphatic heterocycles. The van der Waals surface area contributed by atoms with Crippen LogP contribution in [0.5, 0.6) is 0 Å². The number of halogens is 1. The summed E-state index contributed by atoms with van der Waals surface area (Å²) in [5.41, 5.74) is 0. The molecule has 0 fully saturated rings. The van der Waals surface area contributed by atoms with Crippen LogP contribution in [0.2, 0.25) is 0 Å². The van der Waals surface area contributed by atoms with E-state index in [4.69, 9.17) is 17.5 Å². The Bertz CT molecular complexity index is 94.9. The molecule has 0 aliphatic carbocycles. The van der Waals surface area contributed by atoms with E-state index in [1.165, 1.54) is 0 Å². The van der Waals surface area contributed by atoms with E-state index in [-0.39, 0.29) is 73.6 Å². The average molecular weight is 252 g/mol. The summed E-state index contributed by atoms with van der Waals surface area (Å²) in [7, 11) is -4.67. The molecule has 0 rings (SSSR count). The van der Waals surface area contributed by atoms with Crippen molar-refractivity contribution < 1.29 is 22.2 Å². The van der Waals surface area contributed by atoms with E-state index < -0.39 is 10.4 Å². The predicted molar refractivity (Wildman–Crippen MR) is 23.8 cm³/mol. The third-order valence-corrected chi connectivity index (χ3v) is 0. The van der Waals surface area contributed by atoms with Crippen molar-refractivity contribution in [1.29, 1.82) is 0 Å². The summed E-state index contributed by atoms with van der Waals surface area (Å²) in [6, 6.07) is 0. The molecule has 2 N–H and O–H groups in total. The van der Waals surface area contributed by atoms with Crippen LogP contribution in [0.15, 0.2) is 0 Å². The van der Waals surface area contributed by atoms with Crippen LogP contribution in [0.25, 0.3) is 0 Å². The van der Waals surface area contributed by atoms with Crippen molar-refractivity contribution >= 4 is 79.3 Å². The third kappa shape index (κ3) is 78.4. The maximum atomic E-state index is 8.74. The van der Waals surface area contributed by atoms with Gasteiger partial charge < -0.3 is 0 Å². The van der Waals surface area contributed by atoms with Gasteiger partial charge in [-0.2, -0.15) is 8.42 Å². The molecule has 7 heavy (non-hydrogen) atoms. The molecule has 0 saturated heterocycles. The number of rotatable bonds is 0. The normalized spacial score (nSPS) is 8.29. The van der Waals surface area contributed by atoms with Gasteiger partial charge in [0.05, 0.1) is 0 Å². The van der Waals surface area contributed by atoms with Gasteiger partial charge >= 0.3 is 79.3 Å². The topological polar surface area (TPSA) is 74.6 Å². The second-order valence-electron chi connectivity index (χ2n) is 0.448. The molecule has 0 spiro atoms. The van der Waals surface area contributed by atoms with E-state index >= 15 is 0 Å². The molecule has 0 aromatic carbocycles. The summed E-state index contributed by atoms with van der Waals surface area (Å²) in [5, 5.41) is 0. The van der Waals surface area contributed by atoms with Gasteiger partial charge in [-0.05, 0) is 0 Å². The monoisotopic (exact) mass is 252 g/mol. The standard InChI is InChI=1S/Cs.FH.H2O4S.H/c;;1-5(2,3)4;/h;1H;(H2,1,2,3,4);. The van der Waals surface area contributed by atoms with E-state index in [0.717, 1.165) is 0 Å². The summed E-state index contributed by atoms with van der Waals surface area (Å²) in [5.74, 6) is 0. The first-order chi connectivity index (χ1) is 2.00. The van der Waals surface area contributed by atoms with E-state index in [1.807, 2.05) is 0 Å². The molecule has 0 atom stereocenters. The van der Waals surface area contributed by atoms with Crippen molar-refractivity contribution in [2.24, 2.45) is 0 Å². The molecule has 4 nitrogen and oxygen atoms in total. The Morgan fingerprint density at radius 2 is 1.14 bits per heavy atom. The minimum atomic E-state index is -4.67. The Balaban J connectivity index is -0.0000000800. The van der Waals surface area contributed by atoms with Gasteiger partial charge in [0.2, 0.25) is 0 Å². The van der Waals surface area contributed by atoms with Crippen LogP contribution < -0.4 is 0 Å². The first-order valence-electron chi connectivity index (χ1n) is 0.698. The summed E-state index contributed by atoms with van der Waals surface area (Å²) in [6.07, 6.45) is 0. The van der Waals surface area contributed by atoms with E-state index in [1.54, 1.807) is 0 Å². The van der Waals surface area contributed by atoms with Gasteiger partial charge in [-0.3, -0.25) is 13.8 Å². The predicted octanol–water partition coefficient (Wildman–Crippen LogP) is -1.15. The van der Waals surface area contributed by atoms with Crippen LogP contribution in [0.1, 0.15) is 0 Å². The van der Waals surface area contributed by atoms with Crippen LogP contribution in [-0.2, 0) is 10.4 Å². The fourth-order valence-electron chi connectivity index (χ4n) is 0. The van der Waals surface area contributed by atoms with Crippen LogP contribution >= 0.6 is 0 Å². The summed E-state index contributed by atoms with van der Waals surface area (Å²) >= 11 is 0.